The van der Waals surface area contributed by atoms with E-state index in [1.807, 2.05) is 0 Å². The molecule has 0 aromatic heterocycles. The molecular formula is C10H23BrMgOSi. The van der Waals surface area contributed by atoms with E-state index in [1.54, 1.807) is 0 Å². The zero-order valence-corrected chi connectivity index (χ0v) is 14.5. The first-order valence-corrected chi connectivity index (χ1v) is 7.54. The van der Waals surface area contributed by atoms with Crippen molar-refractivity contribution in [3.8, 4) is 0 Å². The predicted octanol–water partition coefficient (Wildman–Crippen LogP) is 0.102. The molecule has 14 heavy (non-hydrogen) atoms. The molecule has 0 fully saturated rings. The van der Waals surface area contributed by atoms with E-state index in [1.165, 1.54) is 0 Å². The first-order chi connectivity index (χ1) is 5.17. The normalized spacial score (nSPS) is 13.9. The van der Waals surface area contributed by atoms with Gasteiger partial charge >= 0.3 is 23.1 Å². The van der Waals surface area contributed by atoms with Crippen molar-refractivity contribution in [3.63, 3.8) is 0 Å². The van der Waals surface area contributed by atoms with Crippen molar-refractivity contribution in [2.45, 2.75) is 45.8 Å². The SMILES string of the molecule is [Br-].[CH2-]C(C)CO[Si](C)(C)C(C)(C)C.[Mg+2]. The molecule has 0 aromatic carbocycles. The second-order valence-electron chi connectivity index (χ2n) is 5.18. The molecule has 0 aliphatic heterocycles. The first kappa shape index (κ1) is 20.8. The molecule has 0 amide bonds. The van der Waals surface area contributed by atoms with E-state index in [4.69, 9.17) is 4.43 Å². The minimum Gasteiger partial charge on any atom is -1.00 e. The van der Waals surface area contributed by atoms with Crippen molar-refractivity contribution < 1.29 is 21.4 Å². The average molecular weight is 292 g/mol. The molecule has 0 rings (SSSR count). The summed E-state index contributed by atoms with van der Waals surface area (Å²) in [6, 6.07) is 0. The van der Waals surface area contributed by atoms with Crippen LogP contribution in [-0.4, -0.2) is 38.0 Å². The summed E-state index contributed by atoms with van der Waals surface area (Å²) >= 11 is 0. The van der Waals surface area contributed by atoms with Gasteiger partial charge in [0, 0.05) is 6.61 Å². The Morgan fingerprint density at radius 2 is 1.64 bits per heavy atom. The summed E-state index contributed by atoms with van der Waals surface area (Å²) in [7, 11) is -1.51. The monoisotopic (exact) mass is 290 g/mol. The van der Waals surface area contributed by atoms with Gasteiger partial charge in [-0.25, -0.2) is 0 Å². The molecule has 0 heterocycles. The van der Waals surface area contributed by atoms with E-state index < -0.39 is 8.32 Å². The topological polar surface area (TPSA) is 9.23 Å². The Balaban J connectivity index is -0.000000605. The molecule has 0 spiro atoms. The van der Waals surface area contributed by atoms with Crippen LogP contribution in [0.3, 0.4) is 0 Å². The summed E-state index contributed by atoms with van der Waals surface area (Å²) in [6.45, 7) is 18.1. The Labute approximate surface area is 117 Å². The fourth-order valence-electron chi connectivity index (χ4n) is 0.567. The zero-order chi connectivity index (χ0) is 9.99. The van der Waals surface area contributed by atoms with Gasteiger partial charge in [0.1, 0.15) is 0 Å². The van der Waals surface area contributed by atoms with Gasteiger partial charge in [-0.3, -0.25) is 0 Å². The first-order valence-electron chi connectivity index (χ1n) is 4.64. The van der Waals surface area contributed by atoms with Crippen molar-refractivity contribution in [1.82, 2.24) is 0 Å². The van der Waals surface area contributed by atoms with Crippen LogP contribution in [0.25, 0.3) is 0 Å². The van der Waals surface area contributed by atoms with E-state index in [0.29, 0.717) is 11.0 Å². The predicted molar refractivity (Wildman–Crippen MR) is 63.4 cm³/mol. The Bertz CT molecular complexity index is 144. The van der Waals surface area contributed by atoms with Crippen molar-refractivity contribution in [2.24, 2.45) is 5.92 Å². The Morgan fingerprint density at radius 1 is 1.29 bits per heavy atom. The van der Waals surface area contributed by atoms with E-state index in [0.717, 1.165) is 6.61 Å². The number of rotatable bonds is 3. The second kappa shape index (κ2) is 7.66. The maximum absolute atomic E-state index is 5.93. The van der Waals surface area contributed by atoms with Crippen LogP contribution in [0.4, 0.5) is 0 Å². The van der Waals surface area contributed by atoms with Crippen molar-refractivity contribution >= 4 is 31.4 Å². The van der Waals surface area contributed by atoms with E-state index >= 15 is 0 Å². The number of hydrogen-bond donors (Lipinski definition) is 0. The number of hydrogen-bond acceptors (Lipinski definition) is 1. The minimum atomic E-state index is -1.51. The molecule has 1 unspecified atom stereocenters. The standard InChI is InChI=1S/C10H23OSi.BrH.Mg/c1-9(2)8-11-12(6,7)10(3,4)5;;/h9H,1,8H2,2-7H3;1H;/q-1;;+2/p-1. The molecule has 4 heteroatoms. The zero-order valence-electron chi connectivity index (χ0n) is 10.5. The molecule has 1 nitrogen and oxygen atoms in total. The van der Waals surface area contributed by atoms with Gasteiger partial charge in [0.15, 0.2) is 8.32 Å². The third-order valence-corrected chi connectivity index (χ3v) is 7.04. The largest absolute Gasteiger partial charge is 2.00 e. The molecule has 0 aliphatic rings. The summed E-state index contributed by atoms with van der Waals surface area (Å²) in [5, 5.41) is 0.321. The van der Waals surface area contributed by atoms with Crippen LogP contribution >= 0.6 is 0 Å². The van der Waals surface area contributed by atoms with Crippen LogP contribution in [0.1, 0.15) is 27.7 Å². The number of halogens is 1. The van der Waals surface area contributed by atoms with Gasteiger partial charge in [0.25, 0.3) is 0 Å². The van der Waals surface area contributed by atoms with Crippen molar-refractivity contribution in [1.29, 1.82) is 0 Å². The summed E-state index contributed by atoms with van der Waals surface area (Å²) in [6.07, 6.45) is 0. The third-order valence-electron chi connectivity index (χ3n) is 2.53. The molecule has 0 saturated carbocycles. The van der Waals surface area contributed by atoms with Gasteiger partial charge in [0.2, 0.25) is 0 Å². The van der Waals surface area contributed by atoms with Crippen LogP contribution in [-0.2, 0) is 4.43 Å². The smallest absolute Gasteiger partial charge is 1.00 e. The molecule has 82 valence electrons. The Hall–Kier alpha value is 1.42. The van der Waals surface area contributed by atoms with Crippen LogP contribution < -0.4 is 17.0 Å². The molecule has 1 atom stereocenters. The van der Waals surface area contributed by atoms with Crippen molar-refractivity contribution in [3.05, 3.63) is 6.92 Å². The maximum atomic E-state index is 5.93. The third kappa shape index (κ3) is 7.68. The molecule has 0 saturated heterocycles. The van der Waals surface area contributed by atoms with Gasteiger partial charge in [-0.2, -0.15) is 0 Å². The van der Waals surface area contributed by atoms with E-state index in [-0.39, 0.29) is 40.0 Å². The maximum Gasteiger partial charge on any atom is 2.00 e. The van der Waals surface area contributed by atoms with Gasteiger partial charge in [-0.15, -0.1) is 5.92 Å². The quantitative estimate of drug-likeness (QED) is 0.529. The molecule has 0 N–H and O–H groups in total. The van der Waals surface area contributed by atoms with Gasteiger partial charge in [-0.05, 0) is 18.1 Å². The van der Waals surface area contributed by atoms with Crippen LogP contribution in [0, 0.1) is 12.8 Å². The Kier molecular flexibility index (Phi) is 11.4. The minimum absolute atomic E-state index is 0. The molecule has 0 radical (unpaired) electrons. The van der Waals surface area contributed by atoms with Gasteiger partial charge in [-0.1, -0.05) is 27.7 Å². The van der Waals surface area contributed by atoms with Gasteiger partial charge < -0.3 is 28.3 Å². The molecular weight excluding hydrogens is 268 g/mol. The molecule has 0 aliphatic carbocycles. The molecule has 0 bridgehead atoms. The summed E-state index contributed by atoms with van der Waals surface area (Å²) < 4.78 is 5.93. The van der Waals surface area contributed by atoms with E-state index in [9.17, 15) is 0 Å². The van der Waals surface area contributed by atoms with Crippen LogP contribution in [0.15, 0.2) is 0 Å². The summed E-state index contributed by atoms with van der Waals surface area (Å²) in [5.41, 5.74) is 0. The van der Waals surface area contributed by atoms with Crippen LogP contribution in [0.5, 0.6) is 0 Å². The summed E-state index contributed by atoms with van der Waals surface area (Å²) in [5.74, 6) is 0.402. The van der Waals surface area contributed by atoms with E-state index in [2.05, 4.69) is 47.7 Å². The fraction of sp³-hybridized carbons (Fsp3) is 0.900. The Morgan fingerprint density at radius 3 is 1.86 bits per heavy atom. The molecule has 0 aromatic rings. The summed E-state index contributed by atoms with van der Waals surface area (Å²) in [4.78, 5) is 0. The second-order valence-corrected chi connectivity index (χ2v) is 9.99. The van der Waals surface area contributed by atoms with Gasteiger partial charge in [0.05, 0.1) is 0 Å². The van der Waals surface area contributed by atoms with Crippen molar-refractivity contribution in [2.75, 3.05) is 6.61 Å². The van der Waals surface area contributed by atoms with Crippen LogP contribution in [0.2, 0.25) is 18.1 Å². The average Bonchev–Trinajstić information content (AvgIpc) is 1.81. The fourth-order valence-corrected chi connectivity index (χ4v) is 1.70.